The van der Waals surface area contributed by atoms with Gasteiger partial charge in [-0.25, -0.2) is 4.79 Å². The Morgan fingerprint density at radius 2 is 1.87 bits per heavy atom. The number of benzene rings is 1. The van der Waals surface area contributed by atoms with Crippen molar-refractivity contribution < 1.29 is 34.2 Å². The van der Waals surface area contributed by atoms with E-state index in [1.54, 1.807) is 0 Å². The van der Waals surface area contributed by atoms with Crippen LogP contribution in [0.1, 0.15) is 34.0 Å². The van der Waals surface area contributed by atoms with Crippen LogP contribution in [0.3, 0.4) is 0 Å². The first-order valence-corrected chi connectivity index (χ1v) is 6.53. The van der Waals surface area contributed by atoms with E-state index in [0.717, 1.165) is 26.4 Å². The maximum absolute atomic E-state index is 11.7. The average molecular weight is 327 g/mol. The summed E-state index contributed by atoms with van der Waals surface area (Å²) in [5, 5.41) is 31.0. The van der Waals surface area contributed by atoms with Crippen LogP contribution in [0, 0.1) is 17.0 Å². The molecule has 126 valence electrons. The summed E-state index contributed by atoms with van der Waals surface area (Å²) in [6.07, 6.45) is -3.67. The number of hydrogen-bond donors (Lipinski definition) is 2. The molecule has 0 saturated heterocycles. The number of nitro benzene ring substituents is 1. The number of non-ortho nitro benzene ring substituents is 1. The molecule has 1 aromatic carbocycles. The molecule has 0 spiro atoms. The standard InChI is InChI=1S/C14H17NO8/c1-7-9(13(18)11(16)6-12(17)22-2)4-8(15(20)21)5-10(7)14(19)23-3/h4-5,11,13,16,18H,6H2,1-3H3. The average Bonchev–Trinajstić information content (AvgIpc) is 2.53. The van der Waals surface area contributed by atoms with Gasteiger partial charge in [-0.15, -0.1) is 0 Å². The van der Waals surface area contributed by atoms with E-state index < -0.39 is 41.2 Å². The van der Waals surface area contributed by atoms with Gasteiger partial charge in [-0.05, 0) is 18.1 Å². The monoisotopic (exact) mass is 327 g/mol. The molecule has 2 atom stereocenters. The third kappa shape index (κ3) is 4.24. The number of esters is 2. The molecule has 0 fully saturated rings. The van der Waals surface area contributed by atoms with Crippen molar-refractivity contribution >= 4 is 17.6 Å². The highest BCUT2D eigenvalue weighted by Gasteiger charge is 2.28. The molecule has 0 amide bonds. The van der Waals surface area contributed by atoms with E-state index in [2.05, 4.69) is 9.47 Å². The predicted octanol–water partition coefficient (Wildman–Crippen LogP) is 0.647. The highest BCUT2D eigenvalue weighted by atomic mass is 16.6. The van der Waals surface area contributed by atoms with Crippen LogP contribution in [0.5, 0.6) is 0 Å². The van der Waals surface area contributed by atoms with Gasteiger partial charge >= 0.3 is 11.9 Å². The molecule has 0 saturated carbocycles. The Bertz CT molecular complexity index is 627. The lowest BCUT2D eigenvalue weighted by Crippen LogP contribution is -2.24. The number of nitro groups is 1. The molecule has 0 heterocycles. The van der Waals surface area contributed by atoms with Crippen LogP contribution in [0.25, 0.3) is 0 Å². The Morgan fingerprint density at radius 1 is 1.26 bits per heavy atom. The molecule has 9 heteroatoms. The maximum atomic E-state index is 11.7. The number of carbonyl (C=O) groups is 2. The van der Waals surface area contributed by atoms with E-state index >= 15 is 0 Å². The van der Waals surface area contributed by atoms with Crippen molar-refractivity contribution in [2.75, 3.05) is 14.2 Å². The lowest BCUT2D eigenvalue weighted by Gasteiger charge is -2.20. The minimum Gasteiger partial charge on any atom is -0.469 e. The first-order valence-electron chi connectivity index (χ1n) is 6.53. The third-order valence-corrected chi connectivity index (χ3v) is 3.34. The topological polar surface area (TPSA) is 136 Å². The summed E-state index contributed by atoms with van der Waals surface area (Å²) >= 11 is 0. The molecule has 0 aliphatic carbocycles. The Morgan fingerprint density at radius 3 is 2.35 bits per heavy atom. The van der Waals surface area contributed by atoms with E-state index in [9.17, 15) is 29.9 Å². The summed E-state index contributed by atoms with van der Waals surface area (Å²) < 4.78 is 8.94. The molecule has 0 aliphatic heterocycles. The van der Waals surface area contributed by atoms with E-state index in [4.69, 9.17) is 0 Å². The Labute approximate surface area is 131 Å². The summed E-state index contributed by atoms with van der Waals surface area (Å²) in [5.74, 6) is -1.57. The van der Waals surface area contributed by atoms with E-state index in [0.29, 0.717) is 0 Å². The van der Waals surface area contributed by atoms with Crippen LogP contribution in [-0.2, 0) is 14.3 Å². The van der Waals surface area contributed by atoms with E-state index in [-0.39, 0.29) is 16.7 Å². The molecule has 0 aromatic heterocycles. The van der Waals surface area contributed by atoms with Gasteiger partial charge in [-0.3, -0.25) is 14.9 Å². The molecule has 23 heavy (non-hydrogen) atoms. The molecule has 1 aromatic rings. The smallest absolute Gasteiger partial charge is 0.338 e. The highest BCUT2D eigenvalue weighted by molar-refractivity contribution is 5.92. The predicted molar refractivity (Wildman–Crippen MR) is 76.8 cm³/mol. The number of aliphatic hydroxyl groups is 2. The second kappa shape index (κ2) is 7.65. The SMILES string of the molecule is COC(=O)CC(O)C(O)c1cc([N+](=O)[O-])cc(C(=O)OC)c1C. The van der Waals surface area contributed by atoms with Crippen molar-refractivity contribution in [3.8, 4) is 0 Å². The summed E-state index contributed by atoms with van der Waals surface area (Å²) in [5.41, 5.74) is -0.397. The van der Waals surface area contributed by atoms with Crippen LogP contribution in [0.4, 0.5) is 5.69 Å². The van der Waals surface area contributed by atoms with Crippen LogP contribution in [0.2, 0.25) is 0 Å². The molecule has 9 nitrogen and oxygen atoms in total. The number of methoxy groups -OCH3 is 2. The van der Waals surface area contributed by atoms with Gasteiger partial charge in [0.1, 0.15) is 6.10 Å². The zero-order valence-electron chi connectivity index (χ0n) is 12.8. The molecule has 0 bridgehead atoms. The number of carbonyl (C=O) groups excluding carboxylic acids is 2. The minimum atomic E-state index is -1.61. The lowest BCUT2D eigenvalue weighted by atomic mass is 9.93. The number of aliphatic hydroxyl groups excluding tert-OH is 2. The van der Waals surface area contributed by atoms with Crippen molar-refractivity contribution in [1.82, 2.24) is 0 Å². The molecule has 2 unspecified atom stereocenters. The first kappa shape index (κ1) is 18.5. The maximum Gasteiger partial charge on any atom is 0.338 e. The molecule has 0 aliphatic rings. The van der Waals surface area contributed by atoms with Gasteiger partial charge in [0.15, 0.2) is 0 Å². The zero-order valence-corrected chi connectivity index (χ0v) is 12.8. The fourth-order valence-electron chi connectivity index (χ4n) is 2.03. The highest BCUT2D eigenvalue weighted by Crippen LogP contribution is 2.30. The van der Waals surface area contributed by atoms with Gasteiger partial charge in [0.2, 0.25) is 0 Å². The van der Waals surface area contributed by atoms with Crippen molar-refractivity contribution in [3.63, 3.8) is 0 Å². The largest absolute Gasteiger partial charge is 0.469 e. The van der Waals surface area contributed by atoms with Crippen LogP contribution in [0.15, 0.2) is 12.1 Å². The lowest BCUT2D eigenvalue weighted by molar-refractivity contribution is -0.385. The van der Waals surface area contributed by atoms with Gasteiger partial charge in [0.05, 0.1) is 37.2 Å². The Kier molecular flexibility index (Phi) is 6.17. The minimum absolute atomic E-state index is 0.0454. The number of rotatable bonds is 6. The molecular formula is C14H17NO8. The first-order chi connectivity index (χ1) is 10.7. The second-order valence-electron chi connectivity index (χ2n) is 4.75. The second-order valence-corrected chi connectivity index (χ2v) is 4.75. The van der Waals surface area contributed by atoms with E-state index in [1.807, 2.05) is 0 Å². The van der Waals surface area contributed by atoms with Crippen LogP contribution < -0.4 is 0 Å². The van der Waals surface area contributed by atoms with Gasteiger partial charge < -0.3 is 19.7 Å². The summed E-state index contributed by atoms with van der Waals surface area (Å²) in [4.78, 5) is 33.1. The molecule has 1 rings (SSSR count). The molecule has 2 N–H and O–H groups in total. The van der Waals surface area contributed by atoms with Gasteiger partial charge in [0, 0.05) is 12.1 Å². The van der Waals surface area contributed by atoms with Crippen molar-refractivity contribution in [2.45, 2.75) is 25.6 Å². The fourth-order valence-corrected chi connectivity index (χ4v) is 2.03. The summed E-state index contributed by atoms with van der Waals surface area (Å²) in [6.45, 7) is 1.44. The third-order valence-electron chi connectivity index (χ3n) is 3.34. The van der Waals surface area contributed by atoms with Crippen LogP contribution >= 0.6 is 0 Å². The van der Waals surface area contributed by atoms with Crippen molar-refractivity contribution in [3.05, 3.63) is 38.9 Å². The normalized spacial score (nSPS) is 13.1. The van der Waals surface area contributed by atoms with Crippen molar-refractivity contribution in [2.24, 2.45) is 0 Å². The fraction of sp³-hybridized carbons (Fsp3) is 0.429. The Balaban J connectivity index is 3.33. The number of ether oxygens (including phenoxy) is 2. The van der Waals surface area contributed by atoms with Gasteiger partial charge in [0.25, 0.3) is 5.69 Å². The quantitative estimate of drug-likeness (QED) is 0.441. The zero-order chi connectivity index (χ0) is 17.7. The molecule has 0 radical (unpaired) electrons. The van der Waals surface area contributed by atoms with Crippen LogP contribution in [-0.4, -0.2) is 47.4 Å². The summed E-state index contributed by atoms with van der Waals surface area (Å²) in [7, 11) is 2.23. The van der Waals surface area contributed by atoms with Crippen molar-refractivity contribution in [1.29, 1.82) is 0 Å². The molecular weight excluding hydrogens is 310 g/mol. The van der Waals surface area contributed by atoms with Gasteiger partial charge in [-0.1, -0.05) is 0 Å². The Hall–Kier alpha value is -2.52. The van der Waals surface area contributed by atoms with Gasteiger partial charge in [-0.2, -0.15) is 0 Å². The van der Waals surface area contributed by atoms with E-state index in [1.165, 1.54) is 6.92 Å². The summed E-state index contributed by atoms with van der Waals surface area (Å²) in [6, 6.07) is 2.05. The number of hydrogen-bond acceptors (Lipinski definition) is 8. The number of nitrogens with zero attached hydrogens (tertiary/aromatic N) is 1.